The average Bonchev–Trinajstić information content (AvgIpc) is 3.10. The van der Waals surface area contributed by atoms with E-state index >= 15 is 0 Å². The maximum Gasteiger partial charge on any atom is 0.305 e. The molecule has 0 N–H and O–H groups in total. The topological polar surface area (TPSA) is 52.6 Å². The third kappa shape index (κ3) is 5.19. The Morgan fingerprint density at radius 2 is 2.07 bits per heavy atom. The van der Waals surface area contributed by atoms with Crippen LogP contribution in [0.2, 0.25) is 0 Å². The van der Waals surface area contributed by atoms with Gasteiger partial charge in [-0.2, -0.15) is 0 Å². The molecular formula is C22H26O4S. The number of esters is 1. The number of hydrogen-bond donors (Lipinski definition) is 0. The standard InChI is InChI=1S/C22H26O4S/c1-2-3-4-8-20(23)25-12-6-5-7-16-9-10-19-18(14-16)21(24)22-17(15-26-19)11-13-27-22/h9-11,13-14H,2-8,12,15H2,1H3. The summed E-state index contributed by atoms with van der Waals surface area (Å²) in [5.74, 6) is 0.617. The van der Waals surface area contributed by atoms with Crippen molar-refractivity contribution in [3.05, 3.63) is 51.2 Å². The number of carbonyl (C=O) groups is 2. The van der Waals surface area contributed by atoms with Crippen LogP contribution >= 0.6 is 11.3 Å². The number of benzene rings is 1. The van der Waals surface area contributed by atoms with E-state index in [9.17, 15) is 9.59 Å². The van der Waals surface area contributed by atoms with Gasteiger partial charge in [-0.3, -0.25) is 9.59 Å². The number of ketones is 1. The van der Waals surface area contributed by atoms with E-state index in [2.05, 4.69) is 6.92 Å². The zero-order chi connectivity index (χ0) is 19.1. The molecule has 0 radical (unpaired) electrons. The molecule has 2 heterocycles. The predicted octanol–water partition coefficient (Wildman–Crippen LogP) is 5.32. The van der Waals surface area contributed by atoms with E-state index in [1.807, 2.05) is 29.6 Å². The van der Waals surface area contributed by atoms with Gasteiger partial charge in [-0.15, -0.1) is 11.3 Å². The van der Waals surface area contributed by atoms with Crippen LogP contribution in [-0.2, 0) is 22.6 Å². The van der Waals surface area contributed by atoms with Gasteiger partial charge < -0.3 is 9.47 Å². The molecule has 1 aliphatic rings. The molecule has 27 heavy (non-hydrogen) atoms. The predicted molar refractivity (Wildman–Crippen MR) is 107 cm³/mol. The summed E-state index contributed by atoms with van der Waals surface area (Å²) in [6.07, 6.45) is 6.21. The molecule has 0 saturated carbocycles. The minimum Gasteiger partial charge on any atom is -0.488 e. The molecule has 0 atom stereocenters. The highest BCUT2D eigenvalue weighted by atomic mass is 32.1. The Hall–Kier alpha value is -2.14. The number of aryl methyl sites for hydroxylation is 1. The summed E-state index contributed by atoms with van der Waals surface area (Å²) in [5.41, 5.74) is 2.72. The van der Waals surface area contributed by atoms with Crippen molar-refractivity contribution in [2.75, 3.05) is 6.61 Å². The number of fused-ring (bicyclic) bond motifs is 2. The first-order valence-electron chi connectivity index (χ1n) is 9.71. The second kappa shape index (κ2) is 9.70. The van der Waals surface area contributed by atoms with Gasteiger partial charge >= 0.3 is 5.97 Å². The van der Waals surface area contributed by atoms with Gasteiger partial charge in [0.2, 0.25) is 5.78 Å². The molecule has 0 aliphatic carbocycles. The molecule has 4 nitrogen and oxygen atoms in total. The summed E-state index contributed by atoms with van der Waals surface area (Å²) in [7, 11) is 0. The second-order valence-corrected chi connectivity index (χ2v) is 7.77. The molecule has 0 bridgehead atoms. The number of rotatable bonds is 9. The van der Waals surface area contributed by atoms with Crippen LogP contribution < -0.4 is 4.74 Å². The highest BCUT2D eigenvalue weighted by molar-refractivity contribution is 7.12. The third-order valence-corrected chi connectivity index (χ3v) is 5.69. The summed E-state index contributed by atoms with van der Waals surface area (Å²) < 4.78 is 11.1. The fourth-order valence-electron chi connectivity index (χ4n) is 3.17. The Kier molecular flexibility index (Phi) is 7.04. The van der Waals surface area contributed by atoms with Crippen LogP contribution in [0.5, 0.6) is 5.75 Å². The zero-order valence-corrected chi connectivity index (χ0v) is 16.6. The van der Waals surface area contributed by atoms with Gasteiger partial charge in [0.1, 0.15) is 12.4 Å². The van der Waals surface area contributed by atoms with Crippen molar-refractivity contribution in [3.8, 4) is 5.75 Å². The number of hydrogen-bond acceptors (Lipinski definition) is 5. The van der Waals surface area contributed by atoms with Crippen molar-refractivity contribution in [2.24, 2.45) is 0 Å². The summed E-state index contributed by atoms with van der Waals surface area (Å²) in [4.78, 5) is 25.1. The lowest BCUT2D eigenvalue weighted by atomic mass is 10.0. The Bertz CT molecular complexity index is 793. The summed E-state index contributed by atoms with van der Waals surface area (Å²) in [6.45, 7) is 3.03. The Labute approximate surface area is 164 Å². The van der Waals surface area contributed by atoms with E-state index in [0.29, 0.717) is 30.9 Å². The minimum atomic E-state index is -0.0945. The maximum absolute atomic E-state index is 12.8. The van der Waals surface area contributed by atoms with Gasteiger partial charge in [-0.05, 0) is 54.8 Å². The lowest BCUT2D eigenvalue weighted by Gasteiger charge is -2.09. The van der Waals surface area contributed by atoms with Crippen LogP contribution in [0, 0.1) is 0 Å². The Morgan fingerprint density at radius 1 is 1.19 bits per heavy atom. The second-order valence-electron chi connectivity index (χ2n) is 6.86. The lowest BCUT2D eigenvalue weighted by molar-refractivity contribution is -0.143. The summed E-state index contributed by atoms with van der Waals surface area (Å²) in [6, 6.07) is 7.81. The molecule has 144 valence electrons. The Morgan fingerprint density at radius 3 is 2.93 bits per heavy atom. The van der Waals surface area contributed by atoms with Crippen LogP contribution in [-0.4, -0.2) is 18.4 Å². The van der Waals surface area contributed by atoms with Crippen LogP contribution in [0.25, 0.3) is 0 Å². The molecule has 0 saturated heterocycles. The van der Waals surface area contributed by atoms with Crippen molar-refractivity contribution in [1.82, 2.24) is 0 Å². The molecule has 1 aliphatic heterocycles. The van der Waals surface area contributed by atoms with E-state index in [1.54, 1.807) is 0 Å². The zero-order valence-electron chi connectivity index (χ0n) is 15.8. The van der Waals surface area contributed by atoms with Crippen LogP contribution in [0.4, 0.5) is 0 Å². The minimum absolute atomic E-state index is 0.0513. The molecular weight excluding hydrogens is 360 g/mol. The van der Waals surface area contributed by atoms with E-state index < -0.39 is 0 Å². The van der Waals surface area contributed by atoms with Crippen LogP contribution in [0.3, 0.4) is 0 Å². The van der Waals surface area contributed by atoms with Gasteiger partial charge in [0.05, 0.1) is 17.0 Å². The number of thiophene rings is 1. The Balaban J connectivity index is 1.48. The molecule has 0 amide bonds. The van der Waals surface area contributed by atoms with Crippen molar-refractivity contribution in [1.29, 1.82) is 0 Å². The first-order chi connectivity index (χ1) is 13.2. The quantitative estimate of drug-likeness (QED) is 0.432. The van der Waals surface area contributed by atoms with E-state index in [0.717, 1.165) is 54.5 Å². The first kappa shape index (κ1) is 19.6. The smallest absolute Gasteiger partial charge is 0.305 e. The summed E-state index contributed by atoms with van der Waals surface area (Å²) >= 11 is 1.47. The number of unbranched alkanes of at least 4 members (excludes halogenated alkanes) is 3. The number of carbonyl (C=O) groups excluding carboxylic acids is 2. The highest BCUT2D eigenvalue weighted by Crippen LogP contribution is 2.32. The van der Waals surface area contributed by atoms with E-state index in [1.165, 1.54) is 11.3 Å². The van der Waals surface area contributed by atoms with Crippen LogP contribution in [0.1, 0.15) is 71.8 Å². The fourth-order valence-corrected chi connectivity index (χ4v) is 4.03. The number of ether oxygens (including phenoxy) is 2. The van der Waals surface area contributed by atoms with Crippen molar-refractivity contribution in [2.45, 2.75) is 58.5 Å². The normalized spacial score (nSPS) is 12.7. The van der Waals surface area contributed by atoms with Gasteiger partial charge in [0.25, 0.3) is 0 Å². The van der Waals surface area contributed by atoms with Crippen LogP contribution in [0.15, 0.2) is 29.6 Å². The maximum atomic E-state index is 12.8. The molecule has 0 spiro atoms. The average molecular weight is 387 g/mol. The summed E-state index contributed by atoms with van der Waals surface area (Å²) in [5, 5.41) is 1.93. The highest BCUT2D eigenvalue weighted by Gasteiger charge is 2.23. The third-order valence-electron chi connectivity index (χ3n) is 4.73. The van der Waals surface area contributed by atoms with E-state index in [4.69, 9.17) is 9.47 Å². The van der Waals surface area contributed by atoms with Crippen molar-refractivity contribution < 1.29 is 19.1 Å². The molecule has 5 heteroatoms. The fraction of sp³-hybridized carbons (Fsp3) is 0.455. The monoisotopic (exact) mass is 386 g/mol. The molecule has 0 fully saturated rings. The van der Waals surface area contributed by atoms with Gasteiger partial charge in [0.15, 0.2) is 0 Å². The lowest BCUT2D eigenvalue weighted by Crippen LogP contribution is -2.06. The van der Waals surface area contributed by atoms with Gasteiger partial charge in [-0.1, -0.05) is 25.8 Å². The van der Waals surface area contributed by atoms with Crippen molar-refractivity contribution >= 4 is 23.1 Å². The first-order valence-corrected chi connectivity index (χ1v) is 10.6. The molecule has 2 aromatic rings. The molecule has 1 aromatic heterocycles. The molecule has 0 unspecified atom stereocenters. The van der Waals surface area contributed by atoms with Gasteiger partial charge in [0, 0.05) is 12.0 Å². The molecule has 1 aromatic carbocycles. The van der Waals surface area contributed by atoms with Crippen molar-refractivity contribution in [3.63, 3.8) is 0 Å². The van der Waals surface area contributed by atoms with Gasteiger partial charge in [-0.25, -0.2) is 0 Å². The molecule has 3 rings (SSSR count). The van der Waals surface area contributed by atoms with E-state index in [-0.39, 0.29) is 11.8 Å². The SMILES string of the molecule is CCCCCC(=O)OCCCCc1ccc2c(c1)C(=O)c1sccc1CO2. The largest absolute Gasteiger partial charge is 0.488 e.